The zero-order valence-corrected chi connectivity index (χ0v) is 9.66. The number of rotatable bonds is 4. The third-order valence-electron chi connectivity index (χ3n) is 2.83. The van der Waals surface area contributed by atoms with Gasteiger partial charge in [0.2, 0.25) is 0 Å². The lowest BCUT2D eigenvalue weighted by atomic mass is 9.84. The molecule has 2 atom stereocenters. The Morgan fingerprint density at radius 2 is 2.00 bits per heavy atom. The van der Waals surface area contributed by atoms with Crippen LogP contribution >= 0.6 is 11.6 Å². The van der Waals surface area contributed by atoms with Gasteiger partial charge in [0.15, 0.2) is 0 Å². The fourth-order valence-electron chi connectivity index (χ4n) is 1.67. The van der Waals surface area contributed by atoms with Crippen molar-refractivity contribution in [2.24, 2.45) is 5.92 Å². The SMILES string of the molecule is CCC(Cl)(c1ccccc1)C(C)C(=O)O. The van der Waals surface area contributed by atoms with Crippen LogP contribution in [0.4, 0.5) is 0 Å². The molecule has 0 aromatic heterocycles. The molecule has 1 aromatic carbocycles. The third kappa shape index (κ3) is 2.32. The molecule has 0 radical (unpaired) electrons. The number of carbonyl (C=O) groups is 1. The van der Waals surface area contributed by atoms with Crippen LogP contribution in [0, 0.1) is 5.92 Å². The smallest absolute Gasteiger partial charge is 0.308 e. The van der Waals surface area contributed by atoms with Crippen molar-refractivity contribution >= 4 is 17.6 Å². The predicted molar refractivity (Wildman–Crippen MR) is 61.1 cm³/mol. The number of benzene rings is 1. The summed E-state index contributed by atoms with van der Waals surface area (Å²) >= 11 is 6.41. The van der Waals surface area contributed by atoms with Gasteiger partial charge in [-0.05, 0) is 18.9 Å². The number of hydrogen-bond donors (Lipinski definition) is 1. The first-order chi connectivity index (χ1) is 7.02. The Labute approximate surface area is 94.9 Å². The fraction of sp³-hybridized carbons (Fsp3) is 0.417. The number of aliphatic carboxylic acids is 1. The zero-order chi connectivity index (χ0) is 11.5. The minimum Gasteiger partial charge on any atom is -0.481 e. The van der Waals surface area contributed by atoms with Crippen LogP contribution in [0.1, 0.15) is 25.8 Å². The van der Waals surface area contributed by atoms with Gasteiger partial charge < -0.3 is 5.11 Å². The monoisotopic (exact) mass is 226 g/mol. The standard InChI is InChI=1S/C12H15ClO2/c1-3-12(13,9(2)11(14)15)10-7-5-4-6-8-10/h4-9H,3H2,1-2H3,(H,14,15). The molecule has 0 aliphatic heterocycles. The maximum absolute atomic E-state index is 11.0. The largest absolute Gasteiger partial charge is 0.481 e. The van der Waals surface area contributed by atoms with Crippen molar-refractivity contribution in [2.75, 3.05) is 0 Å². The van der Waals surface area contributed by atoms with Gasteiger partial charge in [0.05, 0.1) is 10.8 Å². The van der Waals surface area contributed by atoms with Crippen LogP contribution in [0.3, 0.4) is 0 Å². The Kier molecular flexibility index (Phi) is 3.75. The first-order valence-corrected chi connectivity index (χ1v) is 5.37. The van der Waals surface area contributed by atoms with Crippen LogP contribution in [0.25, 0.3) is 0 Å². The minimum atomic E-state index is -0.865. The first kappa shape index (κ1) is 12.1. The molecule has 0 bridgehead atoms. The second-order valence-electron chi connectivity index (χ2n) is 3.64. The molecule has 0 aliphatic carbocycles. The summed E-state index contributed by atoms with van der Waals surface area (Å²) in [6.07, 6.45) is 0.589. The van der Waals surface area contributed by atoms with Gasteiger partial charge in [-0.25, -0.2) is 0 Å². The summed E-state index contributed by atoms with van der Waals surface area (Å²) in [5.74, 6) is -1.47. The lowest BCUT2D eigenvalue weighted by Gasteiger charge is -2.30. The Bertz CT molecular complexity index is 337. The van der Waals surface area contributed by atoms with Gasteiger partial charge in [-0.1, -0.05) is 37.3 Å². The zero-order valence-electron chi connectivity index (χ0n) is 8.90. The normalized spacial score (nSPS) is 16.7. The predicted octanol–water partition coefficient (Wildman–Crippen LogP) is 3.25. The van der Waals surface area contributed by atoms with E-state index in [0.717, 1.165) is 5.56 Å². The topological polar surface area (TPSA) is 37.3 Å². The molecule has 0 saturated carbocycles. The summed E-state index contributed by atoms with van der Waals surface area (Å²) < 4.78 is 0. The number of carboxylic acids is 1. The molecule has 0 heterocycles. The highest BCUT2D eigenvalue weighted by molar-refractivity contribution is 6.25. The van der Waals surface area contributed by atoms with Gasteiger partial charge in [-0.2, -0.15) is 0 Å². The Morgan fingerprint density at radius 3 is 2.40 bits per heavy atom. The van der Waals surface area contributed by atoms with E-state index in [1.165, 1.54) is 0 Å². The second kappa shape index (κ2) is 4.67. The maximum atomic E-state index is 11.0. The van der Waals surface area contributed by atoms with Crippen LogP contribution < -0.4 is 0 Å². The fourth-order valence-corrected chi connectivity index (χ4v) is 1.89. The third-order valence-corrected chi connectivity index (χ3v) is 3.64. The molecule has 2 nitrogen and oxygen atoms in total. The average Bonchev–Trinajstić information content (AvgIpc) is 2.28. The highest BCUT2D eigenvalue weighted by atomic mass is 35.5. The average molecular weight is 227 g/mol. The summed E-state index contributed by atoms with van der Waals surface area (Å²) in [5.41, 5.74) is 0.865. The van der Waals surface area contributed by atoms with Crippen molar-refractivity contribution in [3.05, 3.63) is 35.9 Å². The van der Waals surface area contributed by atoms with E-state index in [1.807, 2.05) is 37.3 Å². The van der Waals surface area contributed by atoms with Crippen LogP contribution in [-0.2, 0) is 9.67 Å². The highest BCUT2D eigenvalue weighted by Gasteiger charge is 2.38. The summed E-state index contributed by atoms with van der Waals surface area (Å²) in [7, 11) is 0. The molecule has 15 heavy (non-hydrogen) atoms. The van der Waals surface area contributed by atoms with Crippen molar-refractivity contribution in [1.29, 1.82) is 0 Å². The van der Waals surface area contributed by atoms with Crippen molar-refractivity contribution < 1.29 is 9.90 Å². The van der Waals surface area contributed by atoms with E-state index >= 15 is 0 Å². The summed E-state index contributed by atoms with van der Waals surface area (Å²) in [5, 5.41) is 9.03. The Morgan fingerprint density at radius 1 is 1.47 bits per heavy atom. The highest BCUT2D eigenvalue weighted by Crippen LogP contribution is 2.39. The van der Waals surface area contributed by atoms with Crippen molar-refractivity contribution in [1.82, 2.24) is 0 Å². The van der Waals surface area contributed by atoms with Gasteiger partial charge >= 0.3 is 5.97 Å². The minimum absolute atomic E-state index is 0.589. The second-order valence-corrected chi connectivity index (χ2v) is 4.32. The number of alkyl halides is 1. The molecule has 3 heteroatoms. The summed E-state index contributed by atoms with van der Waals surface area (Å²) in [6.45, 7) is 3.55. The van der Waals surface area contributed by atoms with E-state index in [9.17, 15) is 4.79 Å². The molecular formula is C12H15ClO2. The molecule has 1 rings (SSSR count). The number of hydrogen-bond acceptors (Lipinski definition) is 1. The molecular weight excluding hydrogens is 212 g/mol. The van der Waals surface area contributed by atoms with Crippen LogP contribution in [0.15, 0.2) is 30.3 Å². The van der Waals surface area contributed by atoms with Crippen molar-refractivity contribution in [3.8, 4) is 0 Å². The molecule has 1 N–H and O–H groups in total. The Hall–Kier alpha value is -1.02. The van der Waals surface area contributed by atoms with Gasteiger partial charge in [0.25, 0.3) is 0 Å². The van der Waals surface area contributed by atoms with Gasteiger partial charge in [-0.15, -0.1) is 11.6 Å². The first-order valence-electron chi connectivity index (χ1n) is 4.99. The molecule has 82 valence electrons. The van der Waals surface area contributed by atoms with E-state index in [2.05, 4.69) is 0 Å². The number of carboxylic acid groups (broad SMARTS) is 1. The molecule has 1 aromatic rings. The van der Waals surface area contributed by atoms with E-state index in [0.29, 0.717) is 6.42 Å². The Balaban J connectivity index is 3.11. The molecule has 0 fully saturated rings. The van der Waals surface area contributed by atoms with E-state index in [1.54, 1.807) is 6.92 Å². The maximum Gasteiger partial charge on any atom is 0.308 e. The van der Waals surface area contributed by atoms with Gasteiger partial charge in [0, 0.05) is 0 Å². The molecule has 0 saturated heterocycles. The molecule has 0 aliphatic rings. The lowest BCUT2D eigenvalue weighted by Crippen LogP contribution is -2.32. The lowest BCUT2D eigenvalue weighted by molar-refractivity contribution is -0.142. The molecule has 2 unspecified atom stereocenters. The molecule has 0 spiro atoms. The van der Waals surface area contributed by atoms with Crippen molar-refractivity contribution in [2.45, 2.75) is 25.1 Å². The van der Waals surface area contributed by atoms with Crippen LogP contribution in [-0.4, -0.2) is 11.1 Å². The summed E-state index contributed by atoms with van der Waals surface area (Å²) in [6, 6.07) is 9.38. The van der Waals surface area contributed by atoms with Crippen molar-refractivity contribution in [3.63, 3.8) is 0 Å². The van der Waals surface area contributed by atoms with Crippen LogP contribution in [0.5, 0.6) is 0 Å². The van der Waals surface area contributed by atoms with E-state index in [4.69, 9.17) is 16.7 Å². The van der Waals surface area contributed by atoms with Gasteiger partial charge in [-0.3, -0.25) is 4.79 Å². The summed E-state index contributed by atoms with van der Waals surface area (Å²) in [4.78, 5) is 10.2. The van der Waals surface area contributed by atoms with Gasteiger partial charge in [0.1, 0.15) is 0 Å². The van der Waals surface area contributed by atoms with E-state index in [-0.39, 0.29) is 0 Å². The van der Waals surface area contributed by atoms with Crippen LogP contribution in [0.2, 0.25) is 0 Å². The quantitative estimate of drug-likeness (QED) is 0.801. The number of halogens is 1. The van der Waals surface area contributed by atoms with E-state index < -0.39 is 16.8 Å². The molecule has 0 amide bonds.